The van der Waals surface area contributed by atoms with Gasteiger partial charge in [0.05, 0.1) is 11.9 Å². The van der Waals surface area contributed by atoms with E-state index >= 15 is 0 Å². The average molecular weight is 435 g/mol. The molecule has 10 heteroatoms. The highest BCUT2D eigenvalue weighted by molar-refractivity contribution is 5.73. The van der Waals surface area contributed by atoms with E-state index < -0.39 is 11.7 Å². The molecule has 0 fully saturated rings. The molecule has 4 aromatic rings. The summed E-state index contributed by atoms with van der Waals surface area (Å²) in [7, 11) is 0. The van der Waals surface area contributed by atoms with Gasteiger partial charge in [0.25, 0.3) is 0 Å². The number of hydrogen-bond acceptors (Lipinski definition) is 7. The molecule has 164 valence electrons. The summed E-state index contributed by atoms with van der Waals surface area (Å²) in [4.78, 5) is 20.6. The highest BCUT2D eigenvalue weighted by Gasteiger charge is 2.16. The van der Waals surface area contributed by atoms with Gasteiger partial charge in [0.1, 0.15) is 11.4 Å². The minimum atomic E-state index is -0.559. The van der Waals surface area contributed by atoms with Crippen LogP contribution in [0.15, 0.2) is 54.7 Å². The van der Waals surface area contributed by atoms with Crippen molar-refractivity contribution in [1.82, 2.24) is 30.3 Å². The summed E-state index contributed by atoms with van der Waals surface area (Å²) in [6, 6.07) is 13.5. The topological polar surface area (TPSA) is 107 Å². The molecule has 0 bridgehead atoms. The van der Waals surface area contributed by atoms with Gasteiger partial charge in [0.2, 0.25) is 5.95 Å². The maximum atomic E-state index is 13.6. The van der Waals surface area contributed by atoms with Crippen LogP contribution in [0.3, 0.4) is 0 Å². The number of carbonyl (C=O) groups is 1. The van der Waals surface area contributed by atoms with Crippen LogP contribution >= 0.6 is 0 Å². The fraction of sp³-hybridized carbons (Fsp3) is 0.227. The van der Waals surface area contributed by atoms with E-state index in [2.05, 4.69) is 30.9 Å². The molecule has 0 atom stereocenters. The molecule has 0 saturated carbocycles. The van der Waals surface area contributed by atoms with Gasteiger partial charge < -0.3 is 15.4 Å². The van der Waals surface area contributed by atoms with Crippen LogP contribution < -0.4 is 10.6 Å². The third-order valence-corrected chi connectivity index (χ3v) is 4.26. The normalized spacial score (nSPS) is 11.4. The Balaban J connectivity index is 1.51. The summed E-state index contributed by atoms with van der Waals surface area (Å²) in [5.74, 6) is -0.0509. The molecule has 0 aliphatic rings. The van der Waals surface area contributed by atoms with Gasteiger partial charge in [-0.15, -0.1) is 5.10 Å². The van der Waals surface area contributed by atoms with E-state index in [1.54, 1.807) is 18.3 Å². The van der Waals surface area contributed by atoms with Crippen LogP contribution in [0.25, 0.3) is 16.9 Å². The summed E-state index contributed by atoms with van der Waals surface area (Å²) in [5, 5.41) is 14.0. The first-order chi connectivity index (χ1) is 15.3. The molecule has 1 amide bonds. The van der Waals surface area contributed by atoms with Crippen molar-refractivity contribution >= 4 is 28.9 Å². The van der Waals surface area contributed by atoms with Crippen molar-refractivity contribution in [3.63, 3.8) is 0 Å². The summed E-state index contributed by atoms with van der Waals surface area (Å²) in [6.45, 7) is 5.73. The standard InChI is InChI=1S/C22H22FN7O2/c1-22(2,3)32-21(31)25-12-14-6-4-8-16(10-14)26-20-24-13-18-19(27-20)30(29-28-18)17-9-5-7-15(23)11-17/h4-11,13H,12H2,1-3H3,(H,25,31)(H,24,26,27). The maximum absolute atomic E-state index is 13.6. The van der Waals surface area contributed by atoms with Crippen molar-refractivity contribution in [3.05, 3.63) is 66.1 Å². The largest absolute Gasteiger partial charge is 0.444 e. The number of rotatable bonds is 5. The first-order valence-corrected chi connectivity index (χ1v) is 9.94. The van der Waals surface area contributed by atoms with Crippen LogP contribution in [-0.4, -0.2) is 36.7 Å². The zero-order chi connectivity index (χ0) is 22.7. The number of amides is 1. The lowest BCUT2D eigenvalue weighted by Crippen LogP contribution is -2.32. The van der Waals surface area contributed by atoms with E-state index in [-0.39, 0.29) is 5.82 Å². The second kappa shape index (κ2) is 8.58. The molecule has 0 radical (unpaired) electrons. The summed E-state index contributed by atoms with van der Waals surface area (Å²) < 4.78 is 20.3. The molecule has 32 heavy (non-hydrogen) atoms. The Morgan fingerprint density at radius 2 is 1.97 bits per heavy atom. The molecule has 0 unspecified atom stereocenters. The van der Waals surface area contributed by atoms with Crippen LogP contribution in [0.5, 0.6) is 0 Å². The lowest BCUT2D eigenvalue weighted by atomic mass is 10.2. The minimum absolute atomic E-state index is 0.306. The zero-order valence-electron chi connectivity index (χ0n) is 17.8. The fourth-order valence-corrected chi connectivity index (χ4v) is 2.95. The van der Waals surface area contributed by atoms with Gasteiger partial charge in [-0.1, -0.05) is 23.4 Å². The lowest BCUT2D eigenvalue weighted by molar-refractivity contribution is 0.0523. The van der Waals surface area contributed by atoms with Crippen molar-refractivity contribution in [2.24, 2.45) is 0 Å². The average Bonchev–Trinajstić information content (AvgIpc) is 3.15. The molecule has 2 aromatic heterocycles. The number of halogens is 1. The van der Waals surface area contributed by atoms with E-state index in [0.717, 1.165) is 11.3 Å². The first-order valence-electron chi connectivity index (χ1n) is 9.94. The van der Waals surface area contributed by atoms with Crippen LogP contribution in [0.4, 0.5) is 20.8 Å². The van der Waals surface area contributed by atoms with E-state index in [4.69, 9.17) is 4.74 Å². The molecule has 0 aliphatic carbocycles. The van der Waals surface area contributed by atoms with Crippen molar-refractivity contribution in [1.29, 1.82) is 0 Å². The Morgan fingerprint density at radius 3 is 2.75 bits per heavy atom. The Labute approximate surface area is 183 Å². The molecular weight excluding hydrogens is 413 g/mol. The van der Waals surface area contributed by atoms with Crippen LogP contribution in [-0.2, 0) is 11.3 Å². The van der Waals surface area contributed by atoms with Crippen molar-refractivity contribution in [2.45, 2.75) is 32.9 Å². The molecule has 0 saturated heterocycles. The Morgan fingerprint density at radius 1 is 1.16 bits per heavy atom. The van der Waals surface area contributed by atoms with Crippen molar-refractivity contribution in [2.75, 3.05) is 5.32 Å². The molecule has 2 aromatic carbocycles. The molecule has 9 nitrogen and oxygen atoms in total. The predicted octanol–water partition coefficient (Wildman–Crippen LogP) is 4.12. The Bertz CT molecular complexity index is 1270. The van der Waals surface area contributed by atoms with E-state index in [1.165, 1.54) is 16.8 Å². The molecule has 2 heterocycles. The van der Waals surface area contributed by atoms with Crippen LogP contribution in [0.2, 0.25) is 0 Å². The molecule has 0 spiro atoms. The fourth-order valence-electron chi connectivity index (χ4n) is 2.95. The van der Waals surface area contributed by atoms with Gasteiger partial charge >= 0.3 is 6.09 Å². The highest BCUT2D eigenvalue weighted by atomic mass is 19.1. The molecular formula is C22H22FN7O2. The summed E-state index contributed by atoms with van der Waals surface area (Å²) in [6.07, 6.45) is 1.06. The maximum Gasteiger partial charge on any atom is 0.407 e. The summed E-state index contributed by atoms with van der Waals surface area (Å²) >= 11 is 0. The van der Waals surface area contributed by atoms with Gasteiger partial charge in [-0.3, -0.25) is 0 Å². The Hall–Kier alpha value is -4.08. The van der Waals surface area contributed by atoms with Crippen LogP contribution in [0, 0.1) is 5.82 Å². The number of hydrogen-bond donors (Lipinski definition) is 2. The van der Waals surface area contributed by atoms with Gasteiger partial charge in [0, 0.05) is 12.2 Å². The second-order valence-corrected chi connectivity index (χ2v) is 8.06. The Kier molecular flexibility index (Phi) is 5.67. The van der Waals surface area contributed by atoms with E-state index in [1.807, 2.05) is 45.0 Å². The van der Waals surface area contributed by atoms with Crippen molar-refractivity contribution < 1.29 is 13.9 Å². The minimum Gasteiger partial charge on any atom is -0.444 e. The number of benzene rings is 2. The van der Waals surface area contributed by atoms with Gasteiger partial charge in [-0.25, -0.2) is 14.2 Å². The zero-order valence-corrected chi connectivity index (χ0v) is 17.8. The SMILES string of the molecule is CC(C)(C)OC(=O)NCc1cccc(Nc2ncc3nnn(-c4cccc(F)c4)c3n2)c1. The number of anilines is 2. The molecule has 4 rings (SSSR count). The smallest absolute Gasteiger partial charge is 0.407 e. The first kappa shape index (κ1) is 21.2. The number of nitrogens with one attached hydrogen (secondary N) is 2. The number of ether oxygens (including phenoxy) is 1. The van der Waals surface area contributed by atoms with E-state index in [9.17, 15) is 9.18 Å². The summed E-state index contributed by atoms with van der Waals surface area (Å²) in [5.41, 5.74) is 2.47. The number of nitrogens with zero attached hydrogens (tertiary/aromatic N) is 5. The van der Waals surface area contributed by atoms with Crippen LogP contribution in [0.1, 0.15) is 26.3 Å². The molecule has 2 N–H and O–H groups in total. The third kappa shape index (κ3) is 5.15. The number of aromatic nitrogens is 5. The number of fused-ring (bicyclic) bond motifs is 1. The molecule has 0 aliphatic heterocycles. The highest BCUT2D eigenvalue weighted by Crippen LogP contribution is 2.19. The van der Waals surface area contributed by atoms with Gasteiger partial charge in [-0.05, 0) is 56.7 Å². The lowest BCUT2D eigenvalue weighted by Gasteiger charge is -2.19. The van der Waals surface area contributed by atoms with Gasteiger partial charge in [-0.2, -0.15) is 9.67 Å². The monoisotopic (exact) mass is 435 g/mol. The second-order valence-electron chi connectivity index (χ2n) is 8.06. The number of carbonyl (C=O) groups excluding carboxylic acids is 1. The predicted molar refractivity (Wildman–Crippen MR) is 117 cm³/mol. The number of alkyl carbamates (subject to hydrolysis) is 1. The quantitative estimate of drug-likeness (QED) is 0.486. The van der Waals surface area contributed by atoms with Gasteiger partial charge in [0.15, 0.2) is 11.2 Å². The van der Waals surface area contributed by atoms with E-state index in [0.29, 0.717) is 29.3 Å². The third-order valence-electron chi connectivity index (χ3n) is 4.26. The van der Waals surface area contributed by atoms with Crippen molar-refractivity contribution in [3.8, 4) is 5.69 Å².